The first-order valence-corrected chi connectivity index (χ1v) is 9.87. The first-order valence-electron chi connectivity index (χ1n) is 9.87. The quantitative estimate of drug-likeness (QED) is 0.493. The van der Waals surface area contributed by atoms with Gasteiger partial charge in [0.05, 0.1) is 17.1 Å². The second-order valence-electron chi connectivity index (χ2n) is 7.22. The lowest BCUT2D eigenvalue weighted by Gasteiger charge is -2.06. The minimum atomic E-state index is 0.745. The maximum atomic E-state index is 4.84. The Morgan fingerprint density at radius 1 is 1.00 bits per heavy atom. The van der Waals surface area contributed by atoms with Gasteiger partial charge in [0, 0.05) is 49.0 Å². The number of aromatic nitrogens is 5. The molecule has 0 aliphatic rings. The van der Waals surface area contributed by atoms with E-state index >= 15 is 0 Å². The van der Waals surface area contributed by atoms with E-state index in [1.165, 1.54) is 11.3 Å². The van der Waals surface area contributed by atoms with E-state index in [1.807, 2.05) is 46.9 Å². The summed E-state index contributed by atoms with van der Waals surface area (Å²) in [7, 11) is 2.00. The molecule has 0 fully saturated rings. The summed E-state index contributed by atoms with van der Waals surface area (Å²) in [5, 5.41) is 12.9. The molecule has 29 heavy (non-hydrogen) atoms. The average molecular weight is 387 g/mol. The summed E-state index contributed by atoms with van der Waals surface area (Å²) in [6.45, 7) is 5.83. The van der Waals surface area contributed by atoms with Gasteiger partial charge in [-0.1, -0.05) is 18.2 Å². The van der Waals surface area contributed by atoms with Crippen LogP contribution >= 0.6 is 0 Å². The third-order valence-electron chi connectivity index (χ3n) is 5.27. The molecule has 1 aromatic carbocycles. The van der Waals surface area contributed by atoms with Crippen molar-refractivity contribution in [2.45, 2.75) is 26.8 Å². The number of nitrogens with one attached hydrogen (secondary N) is 1. The Morgan fingerprint density at radius 3 is 2.52 bits per heavy atom. The van der Waals surface area contributed by atoms with Crippen LogP contribution in [0.4, 0.5) is 0 Å². The van der Waals surface area contributed by atoms with Crippen LogP contribution in [0.2, 0.25) is 0 Å². The maximum absolute atomic E-state index is 4.84. The Hall–Kier alpha value is -3.25. The number of aryl methyl sites for hydroxylation is 2. The number of hydrogen-bond acceptors (Lipinski definition) is 4. The number of benzene rings is 1. The Kier molecular flexibility index (Phi) is 5.53. The number of rotatable bonds is 7. The average Bonchev–Trinajstić information content (AvgIpc) is 3.28. The van der Waals surface area contributed by atoms with Gasteiger partial charge >= 0.3 is 0 Å². The molecule has 0 bridgehead atoms. The molecular weight excluding hydrogens is 360 g/mol. The van der Waals surface area contributed by atoms with Gasteiger partial charge in [0.2, 0.25) is 0 Å². The molecule has 0 atom stereocenters. The van der Waals surface area contributed by atoms with E-state index in [9.17, 15) is 0 Å². The van der Waals surface area contributed by atoms with Crippen LogP contribution in [0.15, 0.2) is 61.1 Å². The summed E-state index contributed by atoms with van der Waals surface area (Å²) in [6.07, 6.45) is 6.71. The smallest absolute Gasteiger partial charge is 0.0988 e. The molecule has 0 radical (unpaired) electrons. The molecule has 1 N–H and O–H groups in total. The maximum Gasteiger partial charge on any atom is 0.0988 e. The van der Waals surface area contributed by atoms with E-state index in [4.69, 9.17) is 5.10 Å². The van der Waals surface area contributed by atoms with Gasteiger partial charge in [0.25, 0.3) is 0 Å². The third kappa shape index (κ3) is 4.12. The highest BCUT2D eigenvalue weighted by Gasteiger charge is 2.13. The molecule has 0 aliphatic carbocycles. The van der Waals surface area contributed by atoms with Gasteiger partial charge in [-0.25, -0.2) is 4.68 Å². The molecule has 0 spiro atoms. The van der Waals surface area contributed by atoms with Crippen molar-refractivity contribution in [3.8, 4) is 16.9 Å². The summed E-state index contributed by atoms with van der Waals surface area (Å²) in [6, 6.07) is 14.2. The fraction of sp³-hybridized carbons (Fsp3) is 0.261. The van der Waals surface area contributed by atoms with Crippen LogP contribution in [0.1, 0.15) is 22.5 Å². The molecule has 0 saturated carbocycles. The Labute approximate surface area is 171 Å². The van der Waals surface area contributed by atoms with Crippen molar-refractivity contribution in [2.24, 2.45) is 7.05 Å². The van der Waals surface area contributed by atoms with Crippen LogP contribution in [0.5, 0.6) is 0 Å². The van der Waals surface area contributed by atoms with Crippen LogP contribution in [0.25, 0.3) is 16.9 Å². The minimum Gasteiger partial charge on any atom is -0.312 e. The van der Waals surface area contributed by atoms with E-state index in [1.54, 1.807) is 6.20 Å². The van der Waals surface area contributed by atoms with Crippen LogP contribution in [-0.4, -0.2) is 31.1 Å². The fourth-order valence-electron chi connectivity index (χ4n) is 3.61. The summed E-state index contributed by atoms with van der Waals surface area (Å²) in [5.74, 6) is 0. The lowest BCUT2D eigenvalue weighted by atomic mass is 10.1. The fourth-order valence-corrected chi connectivity index (χ4v) is 3.61. The van der Waals surface area contributed by atoms with Crippen molar-refractivity contribution >= 4 is 0 Å². The van der Waals surface area contributed by atoms with Crippen molar-refractivity contribution in [1.29, 1.82) is 0 Å². The van der Waals surface area contributed by atoms with Crippen molar-refractivity contribution in [3.05, 3.63) is 83.6 Å². The van der Waals surface area contributed by atoms with Gasteiger partial charge in [0.15, 0.2) is 0 Å². The zero-order chi connectivity index (χ0) is 20.2. The van der Waals surface area contributed by atoms with Gasteiger partial charge in [-0.05, 0) is 56.6 Å². The summed E-state index contributed by atoms with van der Waals surface area (Å²) < 4.78 is 3.89. The molecule has 0 saturated heterocycles. The molecular formula is C23H26N6. The lowest BCUT2D eigenvalue weighted by molar-refractivity contribution is 0.682. The van der Waals surface area contributed by atoms with Gasteiger partial charge in [0.1, 0.15) is 0 Å². The normalized spacial score (nSPS) is 11.1. The number of nitrogens with zero attached hydrogens (tertiary/aromatic N) is 5. The molecule has 148 valence electrons. The molecule has 3 aromatic heterocycles. The highest BCUT2D eigenvalue weighted by Crippen LogP contribution is 2.23. The monoisotopic (exact) mass is 386 g/mol. The molecule has 3 heterocycles. The molecule has 6 nitrogen and oxygen atoms in total. The lowest BCUT2D eigenvalue weighted by Crippen LogP contribution is -2.17. The SMILES string of the molecule is Cc1nn(C)c(C)c1CCNCc1cn(-c2ccccc2)nc1-c1cccnc1. The minimum absolute atomic E-state index is 0.745. The second kappa shape index (κ2) is 8.41. The number of para-hydroxylation sites is 1. The predicted octanol–water partition coefficient (Wildman–Crippen LogP) is 3.62. The topological polar surface area (TPSA) is 60.6 Å². The molecule has 0 unspecified atom stereocenters. The Balaban J connectivity index is 1.52. The molecule has 4 aromatic rings. The van der Waals surface area contributed by atoms with Gasteiger partial charge in [-0.15, -0.1) is 0 Å². The van der Waals surface area contributed by atoms with E-state index in [2.05, 4.69) is 53.6 Å². The van der Waals surface area contributed by atoms with E-state index in [0.29, 0.717) is 0 Å². The van der Waals surface area contributed by atoms with Crippen LogP contribution in [0, 0.1) is 13.8 Å². The molecule has 4 rings (SSSR count). The van der Waals surface area contributed by atoms with Crippen LogP contribution < -0.4 is 5.32 Å². The second-order valence-corrected chi connectivity index (χ2v) is 7.22. The molecule has 0 aliphatic heterocycles. The van der Waals surface area contributed by atoms with E-state index < -0.39 is 0 Å². The van der Waals surface area contributed by atoms with Crippen LogP contribution in [0.3, 0.4) is 0 Å². The van der Waals surface area contributed by atoms with Crippen molar-refractivity contribution in [2.75, 3.05) is 6.54 Å². The van der Waals surface area contributed by atoms with Crippen LogP contribution in [-0.2, 0) is 20.0 Å². The van der Waals surface area contributed by atoms with Crippen molar-refractivity contribution < 1.29 is 0 Å². The Bertz CT molecular complexity index is 1080. The molecule has 0 amide bonds. The summed E-state index contributed by atoms with van der Waals surface area (Å²) in [5.41, 5.74) is 7.86. The first-order chi connectivity index (χ1) is 14.1. The summed E-state index contributed by atoms with van der Waals surface area (Å²) in [4.78, 5) is 4.26. The van der Waals surface area contributed by atoms with Gasteiger partial charge < -0.3 is 5.32 Å². The standard InChI is InChI=1S/C23H26N6/c1-17-22(18(2)28(3)26-17)11-13-25-15-20-16-29(21-9-5-4-6-10-21)27-23(20)19-8-7-12-24-14-19/h4-10,12,14,16,25H,11,13,15H2,1-3H3. The zero-order valence-electron chi connectivity index (χ0n) is 17.1. The first kappa shape index (κ1) is 19.1. The summed E-state index contributed by atoms with van der Waals surface area (Å²) >= 11 is 0. The highest BCUT2D eigenvalue weighted by molar-refractivity contribution is 5.62. The highest BCUT2D eigenvalue weighted by atomic mass is 15.3. The van der Waals surface area contributed by atoms with E-state index in [0.717, 1.165) is 47.7 Å². The number of hydrogen-bond donors (Lipinski definition) is 1. The van der Waals surface area contributed by atoms with Crippen molar-refractivity contribution in [3.63, 3.8) is 0 Å². The predicted molar refractivity (Wildman–Crippen MR) is 115 cm³/mol. The van der Waals surface area contributed by atoms with Gasteiger partial charge in [-0.3, -0.25) is 9.67 Å². The Morgan fingerprint density at radius 2 is 1.83 bits per heavy atom. The van der Waals surface area contributed by atoms with Crippen molar-refractivity contribution in [1.82, 2.24) is 29.9 Å². The number of pyridine rings is 1. The third-order valence-corrected chi connectivity index (χ3v) is 5.27. The molecule has 6 heteroatoms. The van der Waals surface area contributed by atoms with E-state index in [-0.39, 0.29) is 0 Å². The largest absolute Gasteiger partial charge is 0.312 e. The van der Waals surface area contributed by atoms with Gasteiger partial charge in [-0.2, -0.15) is 10.2 Å². The zero-order valence-corrected chi connectivity index (χ0v) is 17.1.